The van der Waals surface area contributed by atoms with Crippen molar-refractivity contribution in [3.05, 3.63) is 59.7 Å². The van der Waals surface area contributed by atoms with E-state index in [9.17, 15) is 10.2 Å². The predicted octanol–water partition coefficient (Wildman–Crippen LogP) is 15.1. The predicted molar refractivity (Wildman–Crippen MR) is 221 cm³/mol. The van der Waals surface area contributed by atoms with Gasteiger partial charge in [0.2, 0.25) is 0 Å². The summed E-state index contributed by atoms with van der Waals surface area (Å²) in [7, 11) is -1.16. The molecule has 5 nitrogen and oxygen atoms in total. The van der Waals surface area contributed by atoms with Crippen LogP contribution in [0.1, 0.15) is 200 Å². The first-order valence-corrected chi connectivity index (χ1v) is 22.2. The largest absolute Gasteiger partial charge is 0.508 e. The molecule has 6 heteroatoms. The Balaban J connectivity index is 0.000000630. The lowest BCUT2D eigenvalue weighted by atomic mass is 9.78. The molecule has 0 saturated carbocycles. The molecule has 0 aromatic heterocycles. The molecule has 0 fully saturated rings. The molecule has 0 atom stereocenters. The Morgan fingerprint density at radius 1 is 0.392 bits per heavy atom. The Labute approximate surface area is 316 Å². The molecule has 0 heterocycles. The molecule has 0 unspecified atom stereocenters. The highest BCUT2D eigenvalue weighted by atomic mass is 31.2. The van der Waals surface area contributed by atoms with E-state index in [1.54, 1.807) is 24.3 Å². The van der Waals surface area contributed by atoms with Crippen LogP contribution in [-0.4, -0.2) is 30.0 Å². The lowest BCUT2D eigenvalue weighted by Crippen LogP contribution is -2.18. The minimum atomic E-state index is -1.16. The lowest BCUT2D eigenvalue weighted by Gasteiger charge is -2.26. The number of aromatic hydroxyl groups is 2. The van der Waals surface area contributed by atoms with E-state index in [1.807, 2.05) is 24.3 Å². The third-order valence-electron chi connectivity index (χ3n) is 9.76. The Bertz CT molecular complexity index is 910. The highest BCUT2D eigenvalue weighted by Gasteiger charge is 2.22. The molecule has 2 aromatic rings. The number of benzene rings is 2. The molecular weight excluding hydrogens is 651 g/mol. The summed E-state index contributed by atoms with van der Waals surface area (Å²) < 4.78 is 18.2. The lowest BCUT2D eigenvalue weighted by molar-refractivity contribution is 0.153. The first-order chi connectivity index (χ1) is 24.8. The Morgan fingerprint density at radius 2 is 0.627 bits per heavy atom. The number of hydrogen-bond acceptors (Lipinski definition) is 5. The van der Waals surface area contributed by atoms with Crippen LogP contribution in [0.4, 0.5) is 0 Å². The fourth-order valence-electron chi connectivity index (χ4n) is 6.16. The van der Waals surface area contributed by atoms with Gasteiger partial charge >= 0.3 is 8.60 Å². The quantitative estimate of drug-likeness (QED) is 0.0579. The van der Waals surface area contributed by atoms with Crippen LogP contribution < -0.4 is 0 Å². The summed E-state index contributed by atoms with van der Waals surface area (Å²) in [5, 5.41) is 18.6. The summed E-state index contributed by atoms with van der Waals surface area (Å²) in [5.41, 5.74) is 2.10. The van der Waals surface area contributed by atoms with Crippen molar-refractivity contribution >= 4 is 8.60 Å². The maximum absolute atomic E-state index is 9.30. The second-order valence-corrected chi connectivity index (χ2v) is 16.1. The van der Waals surface area contributed by atoms with Gasteiger partial charge in [0.1, 0.15) is 11.5 Å². The minimum Gasteiger partial charge on any atom is -0.508 e. The van der Waals surface area contributed by atoms with Crippen molar-refractivity contribution in [3.63, 3.8) is 0 Å². The van der Waals surface area contributed by atoms with E-state index in [1.165, 1.54) is 135 Å². The molecule has 2 rings (SSSR count). The van der Waals surface area contributed by atoms with Gasteiger partial charge in [0, 0.05) is 5.41 Å². The maximum Gasteiger partial charge on any atom is 0.332 e. The number of phenolic OH excluding ortho intramolecular Hbond substituents is 2. The van der Waals surface area contributed by atoms with Crippen molar-refractivity contribution in [1.82, 2.24) is 0 Å². The zero-order valence-corrected chi connectivity index (χ0v) is 34.7. The van der Waals surface area contributed by atoms with E-state index in [2.05, 4.69) is 34.6 Å². The molecule has 294 valence electrons. The second kappa shape index (κ2) is 33.0. The zero-order valence-electron chi connectivity index (χ0n) is 33.8. The second-order valence-electron chi connectivity index (χ2n) is 14.9. The molecule has 0 bridgehead atoms. The van der Waals surface area contributed by atoms with Gasteiger partial charge in [0.15, 0.2) is 0 Å². The summed E-state index contributed by atoms with van der Waals surface area (Å²) in [6.07, 6.45) is 31.9. The van der Waals surface area contributed by atoms with Gasteiger partial charge in [-0.3, -0.25) is 0 Å². The fourth-order valence-corrected chi connectivity index (χ4v) is 7.22. The van der Waals surface area contributed by atoms with Gasteiger partial charge in [-0.1, -0.05) is 194 Å². The van der Waals surface area contributed by atoms with E-state index < -0.39 is 8.60 Å². The van der Waals surface area contributed by atoms with Crippen LogP contribution in [0.5, 0.6) is 11.5 Å². The Kier molecular flexibility index (Phi) is 30.6. The molecule has 2 aromatic carbocycles. The summed E-state index contributed by atoms with van der Waals surface area (Å²) in [6.45, 7) is 13.4. The Hall–Kier alpha value is -1.65. The average molecular weight is 731 g/mol. The summed E-state index contributed by atoms with van der Waals surface area (Å²) in [4.78, 5) is 0. The first kappa shape index (κ1) is 47.4. The molecule has 0 spiro atoms. The monoisotopic (exact) mass is 731 g/mol. The SMILES string of the molecule is CC(C)(c1ccc(O)cc1)c1ccc(O)cc1.CCCCCCCCCCOP(OCCCCCCCCCC)OCCCCCCCCCC. The van der Waals surface area contributed by atoms with Gasteiger partial charge in [-0.2, -0.15) is 0 Å². The average Bonchev–Trinajstić information content (AvgIpc) is 3.13. The van der Waals surface area contributed by atoms with Gasteiger partial charge < -0.3 is 23.8 Å². The number of rotatable bonds is 32. The Morgan fingerprint density at radius 3 is 0.882 bits per heavy atom. The standard InChI is InChI=1S/C30H63O3P.C15H16O2/c1-4-7-10-13-16-19-22-25-28-31-34(32-29-26-23-20-17-14-11-8-5-2)33-30-27-24-21-18-15-12-9-6-3;1-15(2,11-3-7-13(16)8-4-11)12-5-9-14(17)10-6-12/h4-30H2,1-3H3;3-10,16-17H,1-2H3. The molecule has 0 saturated heterocycles. The summed E-state index contributed by atoms with van der Waals surface area (Å²) in [5.74, 6) is 0.547. The molecule has 0 aliphatic carbocycles. The van der Waals surface area contributed by atoms with Gasteiger partial charge in [0.05, 0.1) is 19.8 Å². The number of hydrogen-bond donors (Lipinski definition) is 2. The van der Waals surface area contributed by atoms with E-state index >= 15 is 0 Å². The van der Waals surface area contributed by atoms with Crippen molar-refractivity contribution < 1.29 is 23.8 Å². The smallest absolute Gasteiger partial charge is 0.332 e. The van der Waals surface area contributed by atoms with Crippen LogP contribution in [0.2, 0.25) is 0 Å². The highest BCUT2D eigenvalue weighted by molar-refractivity contribution is 7.41. The molecule has 2 N–H and O–H groups in total. The van der Waals surface area contributed by atoms with Crippen LogP contribution in [-0.2, 0) is 19.0 Å². The van der Waals surface area contributed by atoms with Crippen LogP contribution in [0.15, 0.2) is 48.5 Å². The molecule has 0 radical (unpaired) electrons. The minimum absolute atomic E-state index is 0.151. The van der Waals surface area contributed by atoms with Crippen LogP contribution in [0.3, 0.4) is 0 Å². The molecule has 51 heavy (non-hydrogen) atoms. The van der Waals surface area contributed by atoms with Crippen molar-refractivity contribution in [2.45, 2.75) is 194 Å². The van der Waals surface area contributed by atoms with E-state index in [-0.39, 0.29) is 16.9 Å². The molecule has 0 aliphatic rings. The topological polar surface area (TPSA) is 68.2 Å². The van der Waals surface area contributed by atoms with Crippen molar-refractivity contribution in [2.75, 3.05) is 19.8 Å². The van der Waals surface area contributed by atoms with Crippen molar-refractivity contribution in [1.29, 1.82) is 0 Å². The van der Waals surface area contributed by atoms with Gasteiger partial charge in [-0.05, 0) is 54.7 Å². The summed E-state index contributed by atoms with van der Waals surface area (Å²) >= 11 is 0. The molecular formula is C45H79O5P. The van der Waals surface area contributed by atoms with E-state index in [0.29, 0.717) is 0 Å². The van der Waals surface area contributed by atoms with E-state index in [4.69, 9.17) is 13.6 Å². The third-order valence-corrected chi connectivity index (χ3v) is 10.9. The van der Waals surface area contributed by atoms with Gasteiger partial charge in [-0.25, -0.2) is 0 Å². The van der Waals surface area contributed by atoms with Crippen molar-refractivity contribution in [2.24, 2.45) is 0 Å². The number of phenols is 2. The highest BCUT2D eigenvalue weighted by Crippen LogP contribution is 2.40. The van der Waals surface area contributed by atoms with Gasteiger partial charge in [-0.15, -0.1) is 0 Å². The van der Waals surface area contributed by atoms with Gasteiger partial charge in [0.25, 0.3) is 0 Å². The first-order valence-electron chi connectivity index (χ1n) is 21.1. The zero-order chi connectivity index (χ0) is 37.3. The van der Waals surface area contributed by atoms with Crippen LogP contribution in [0.25, 0.3) is 0 Å². The number of unbranched alkanes of at least 4 members (excludes halogenated alkanes) is 21. The van der Waals surface area contributed by atoms with E-state index in [0.717, 1.165) is 50.2 Å². The maximum atomic E-state index is 9.30. The van der Waals surface area contributed by atoms with Crippen LogP contribution >= 0.6 is 8.60 Å². The molecule has 0 aliphatic heterocycles. The fraction of sp³-hybridized carbons (Fsp3) is 0.733. The molecule has 0 amide bonds. The normalized spacial score (nSPS) is 11.6. The van der Waals surface area contributed by atoms with Crippen LogP contribution in [0, 0.1) is 0 Å². The third kappa shape index (κ3) is 25.9. The summed E-state index contributed by atoms with van der Waals surface area (Å²) in [6, 6.07) is 14.4. The van der Waals surface area contributed by atoms with Crippen molar-refractivity contribution in [3.8, 4) is 11.5 Å².